The molecule has 1 aliphatic rings. The van der Waals surface area contributed by atoms with Crippen molar-refractivity contribution in [1.82, 2.24) is 10.3 Å². The van der Waals surface area contributed by atoms with Gasteiger partial charge in [-0.2, -0.15) is 0 Å². The number of pyridine rings is 1. The molecular weight excluding hydrogens is 250 g/mol. The fourth-order valence-electron chi connectivity index (χ4n) is 2.64. The number of nitrogens with zero attached hydrogens (tertiary/aromatic N) is 1. The molecule has 1 aliphatic heterocycles. The zero-order valence-corrected chi connectivity index (χ0v) is 11.6. The first-order chi connectivity index (χ1) is 9.74. The number of piperidine rings is 1. The van der Waals surface area contributed by atoms with Gasteiger partial charge in [0.05, 0.1) is 17.2 Å². The predicted molar refractivity (Wildman–Crippen MR) is 80.8 cm³/mol. The van der Waals surface area contributed by atoms with Crippen LogP contribution < -0.4 is 10.6 Å². The van der Waals surface area contributed by atoms with Crippen LogP contribution in [0, 0.1) is 6.92 Å². The molecule has 2 heterocycles. The van der Waals surface area contributed by atoms with E-state index in [2.05, 4.69) is 15.6 Å². The minimum absolute atomic E-state index is 0.0421. The van der Waals surface area contributed by atoms with Gasteiger partial charge in [-0.05, 0) is 38.4 Å². The summed E-state index contributed by atoms with van der Waals surface area (Å²) in [5.74, 6) is 0.0421. The molecule has 1 aromatic carbocycles. The Hall–Kier alpha value is -1.94. The Bertz CT molecular complexity index is 633. The van der Waals surface area contributed by atoms with Crippen molar-refractivity contribution in [3.05, 3.63) is 36.0 Å². The summed E-state index contributed by atoms with van der Waals surface area (Å²) < 4.78 is 0. The number of anilines is 1. The quantitative estimate of drug-likeness (QED) is 0.881. The lowest BCUT2D eigenvalue weighted by molar-refractivity contribution is -0.118. The van der Waals surface area contributed by atoms with Crippen LogP contribution in [-0.2, 0) is 4.79 Å². The van der Waals surface area contributed by atoms with Crippen molar-refractivity contribution in [2.24, 2.45) is 0 Å². The number of para-hydroxylation sites is 1. The number of benzene rings is 1. The lowest BCUT2D eigenvalue weighted by Gasteiger charge is -2.22. The van der Waals surface area contributed by atoms with E-state index >= 15 is 0 Å². The second kappa shape index (κ2) is 5.59. The standard InChI is InChI=1S/C16H19N3O/c1-11-8-9-12-5-4-7-13(15(12)18-11)19-16(20)14-6-2-3-10-17-14/h4-5,7-9,14,17H,2-3,6,10H2,1H3,(H,19,20). The number of amides is 1. The number of carbonyl (C=O) groups excluding carboxylic acids is 1. The highest BCUT2D eigenvalue weighted by atomic mass is 16.2. The van der Waals surface area contributed by atoms with Gasteiger partial charge in [-0.1, -0.05) is 24.6 Å². The van der Waals surface area contributed by atoms with E-state index < -0.39 is 0 Å². The molecule has 2 N–H and O–H groups in total. The largest absolute Gasteiger partial charge is 0.323 e. The molecule has 0 saturated carbocycles. The third-order valence-electron chi connectivity index (χ3n) is 3.74. The number of hydrogen-bond donors (Lipinski definition) is 2. The van der Waals surface area contributed by atoms with Gasteiger partial charge >= 0.3 is 0 Å². The number of carbonyl (C=O) groups is 1. The highest BCUT2D eigenvalue weighted by molar-refractivity contribution is 6.02. The molecule has 20 heavy (non-hydrogen) atoms. The number of hydrogen-bond acceptors (Lipinski definition) is 3. The summed E-state index contributed by atoms with van der Waals surface area (Å²) in [6.45, 7) is 2.88. The highest BCUT2D eigenvalue weighted by Gasteiger charge is 2.21. The van der Waals surface area contributed by atoms with Gasteiger partial charge in [0.1, 0.15) is 0 Å². The first-order valence-electron chi connectivity index (χ1n) is 7.15. The fraction of sp³-hybridized carbons (Fsp3) is 0.375. The smallest absolute Gasteiger partial charge is 0.241 e. The van der Waals surface area contributed by atoms with Crippen LogP contribution in [0.15, 0.2) is 30.3 Å². The molecule has 4 heteroatoms. The van der Waals surface area contributed by atoms with E-state index in [9.17, 15) is 4.79 Å². The van der Waals surface area contributed by atoms with Crippen molar-refractivity contribution in [3.8, 4) is 0 Å². The number of aromatic nitrogens is 1. The zero-order chi connectivity index (χ0) is 13.9. The van der Waals surface area contributed by atoms with Crippen LogP contribution in [0.5, 0.6) is 0 Å². The average molecular weight is 269 g/mol. The molecule has 0 aliphatic carbocycles. The topological polar surface area (TPSA) is 54.0 Å². The van der Waals surface area contributed by atoms with E-state index in [0.717, 1.165) is 48.1 Å². The first-order valence-corrected chi connectivity index (χ1v) is 7.15. The molecule has 1 unspecified atom stereocenters. The summed E-state index contributed by atoms with van der Waals surface area (Å²) >= 11 is 0. The number of nitrogens with one attached hydrogen (secondary N) is 2. The fourth-order valence-corrected chi connectivity index (χ4v) is 2.64. The monoisotopic (exact) mass is 269 g/mol. The molecule has 1 atom stereocenters. The van der Waals surface area contributed by atoms with Crippen LogP contribution in [0.25, 0.3) is 10.9 Å². The number of aryl methyl sites for hydroxylation is 1. The summed E-state index contributed by atoms with van der Waals surface area (Å²) in [5, 5.41) is 7.33. The van der Waals surface area contributed by atoms with Crippen molar-refractivity contribution >= 4 is 22.5 Å². The second-order valence-corrected chi connectivity index (χ2v) is 5.32. The van der Waals surface area contributed by atoms with Crippen molar-refractivity contribution in [2.45, 2.75) is 32.2 Å². The van der Waals surface area contributed by atoms with Crippen LogP contribution in [0.4, 0.5) is 5.69 Å². The van der Waals surface area contributed by atoms with Crippen LogP contribution in [0.1, 0.15) is 25.0 Å². The molecule has 3 rings (SSSR count). The summed E-state index contributed by atoms with van der Waals surface area (Å²) in [6.07, 6.45) is 3.17. The second-order valence-electron chi connectivity index (χ2n) is 5.32. The van der Waals surface area contributed by atoms with Crippen LogP contribution in [-0.4, -0.2) is 23.5 Å². The Labute approximate surface area is 118 Å². The van der Waals surface area contributed by atoms with E-state index in [1.54, 1.807) is 0 Å². The van der Waals surface area contributed by atoms with Crippen molar-refractivity contribution in [2.75, 3.05) is 11.9 Å². The van der Waals surface area contributed by atoms with E-state index in [1.165, 1.54) is 0 Å². The molecular formula is C16H19N3O. The lowest BCUT2D eigenvalue weighted by atomic mass is 10.0. The van der Waals surface area contributed by atoms with E-state index in [-0.39, 0.29) is 11.9 Å². The Morgan fingerprint density at radius 3 is 3.00 bits per heavy atom. The van der Waals surface area contributed by atoms with E-state index in [4.69, 9.17) is 0 Å². The van der Waals surface area contributed by atoms with Gasteiger partial charge in [-0.3, -0.25) is 9.78 Å². The maximum absolute atomic E-state index is 12.3. The maximum Gasteiger partial charge on any atom is 0.241 e. The minimum atomic E-state index is -0.0798. The predicted octanol–water partition coefficient (Wildman–Crippen LogP) is 2.62. The molecule has 2 aromatic rings. The molecule has 1 aromatic heterocycles. The Balaban J connectivity index is 1.86. The number of rotatable bonds is 2. The molecule has 104 valence electrons. The summed E-state index contributed by atoms with van der Waals surface area (Å²) in [6, 6.07) is 9.81. The Morgan fingerprint density at radius 2 is 2.20 bits per heavy atom. The van der Waals surface area contributed by atoms with Crippen molar-refractivity contribution < 1.29 is 4.79 Å². The molecule has 1 saturated heterocycles. The van der Waals surface area contributed by atoms with Gasteiger partial charge in [0.15, 0.2) is 0 Å². The average Bonchev–Trinajstić information content (AvgIpc) is 2.49. The van der Waals surface area contributed by atoms with Crippen LogP contribution >= 0.6 is 0 Å². The van der Waals surface area contributed by atoms with Gasteiger partial charge in [0, 0.05) is 11.1 Å². The molecule has 0 radical (unpaired) electrons. The van der Waals surface area contributed by atoms with Gasteiger partial charge < -0.3 is 10.6 Å². The molecule has 1 amide bonds. The van der Waals surface area contributed by atoms with E-state index in [0.29, 0.717) is 0 Å². The SMILES string of the molecule is Cc1ccc2cccc(NC(=O)C3CCCCN3)c2n1. The third kappa shape index (κ3) is 2.65. The molecule has 0 spiro atoms. The summed E-state index contributed by atoms with van der Waals surface area (Å²) in [7, 11) is 0. The summed E-state index contributed by atoms with van der Waals surface area (Å²) in [4.78, 5) is 16.8. The van der Waals surface area contributed by atoms with Crippen molar-refractivity contribution in [3.63, 3.8) is 0 Å². The van der Waals surface area contributed by atoms with Crippen LogP contribution in [0.3, 0.4) is 0 Å². The minimum Gasteiger partial charge on any atom is -0.323 e. The summed E-state index contributed by atoms with van der Waals surface area (Å²) in [5.41, 5.74) is 2.61. The van der Waals surface area contributed by atoms with Gasteiger partial charge in [0.2, 0.25) is 5.91 Å². The van der Waals surface area contributed by atoms with Crippen molar-refractivity contribution in [1.29, 1.82) is 0 Å². The van der Waals surface area contributed by atoms with Gasteiger partial charge in [0.25, 0.3) is 0 Å². The Kier molecular flexibility index (Phi) is 3.65. The molecule has 1 fully saturated rings. The highest BCUT2D eigenvalue weighted by Crippen LogP contribution is 2.22. The van der Waals surface area contributed by atoms with Crippen LogP contribution in [0.2, 0.25) is 0 Å². The van der Waals surface area contributed by atoms with Gasteiger partial charge in [-0.25, -0.2) is 0 Å². The normalized spacial score (nSPS) is 18.9. The number of fused-ring (bicyclic) bond motifs is 1. The van der Waals surface area contributed by atoms with E-state index in [1.807, 2.05) is 37.3 Å². The Morgan fingerprint density at radius 1 is 1.30 bits per heavy atom. The van der Waals surface area contributed by atoms with Gasteiger partial charge in [-0.15, -0.1) is 0 Å². The third-order valence-corrected chi connectivity index (χ3v) is 3.74. The molecule has 4 nitrogen and oxygen atoms in total. The maximum atomic E-state index is 12.3. The first kappa shape index (κ1) is 13.1. The lowest BCUT2D eigenvalue weighted by Crippen LogP contribution is -2.43. The molecule has 0 bridgehead atoms. The zero-order valence-electron chi connectivity index (χ0n) is 11.6.